The fourth-order valence-corrected chi connectivity index (χ4v) is 0.248. The molecular formula is C6H17N3O. The Hall–Kier alpha value is -0.770. The molecule has 0 atom stereocenters. The first kappa shape index (κ1) is 12.0. The number of nitrogens with two attached hydrogens (primary N) is 1. The Kier molecular flexibility index (Phi) is 13.3. The average Bonchev–Trinajstić information content (AvgIpc) is 1.85. The molecule has 4 N–H and O–H groups in total. The van der Waals surface area contributed by atoms with Crippen molar-refractivity contribution >= 4 is 6.03 Å². The third-order valence-electron chi connectivity index (χ3n) is 0.549. The van der Waals surface area contributed by atoms with Crippen molar-refractivity contribution in [1.82, 2.24) is 10.6 Å². The van der Waals surface area contributed by atoms with E-state index in [0.717, 1.165) is 6.42 Å². The number of nitrogens with one attached hydrogen (secondary N) is 2. The van der Waals surface area contributed by atoms with Crippen LogP contribution in [0.25, 0.3) is 0 Å². The third kappa shape index (κ3) is 26.9. The second-order valence-corrected chi connectivity index (χ2v) is 1.79. The molecule has 0 aliphatic heterocycles. The molecule has 4 heteroatoms. The molecule has 2 amide bonds. The van der Waals surface area contributed by atoms with Crippen molar-refractivity contribution in [3.05, 3.63) is 0 Å². The van der Waals surface area contributed by atoms with Crippen LogP contribution in [-0.4, -0.2) is 26.7 Å². The topological polar surface area (TPSA) is 67.1 Å². The first-order valence-electron chi connectivity index (χ1n) is 3.30. The van der Waals surface area contributed by atoms with Crippen molar-refractivity contribution < 1.29 is 4.79 Å². The van der Waals surface area contributed by atoms with Crippen LogP contribution in [0.1, 0.15) is 13.3 Å². The molecule has 0 spiro atoms. The summed E-state index contributed by atoms with van der Waals surface area (Å²) in [5, 5.41) is 5.18. The Morgan fingerprint density at radius 2 is 1.90 bits per heavy atom. The Labute approximate surface area is 62.2 Å². The van der Waals surface area contributed by atoms with E-state index in [1.165, 1.54) is 0 Å². The highest BCUT2D eigenvalue weighted by molar-refractivity contribution is 5.71. The van der Waals surface area contributed by atoms with Gasteiger partial charge in [0.05, 0.1) is 0 Å². The number of primary amides is 1. The lowest BCUT2D eigenvalue weighted by Gasteiger charge is -1.93. The summed E-state index contributed by atoms with van der Waals surface area (Å²) >= 11 is 0. The van der Waals surface area contributed by atoms with Crippen molar-refractivity contribution in [3.8, 4) is 0 Å². The van der Waals surface area contributed by atoms with Gasteiger partial charge >= 0.3 is 6.03 Å². The SMILES string of the molecule is CCCNC(N)=O.CNC. The van der Waals surface area contributed by atoms with Crippen LogP contribution < -0.4 is 16.4 Å². The van der Waals surface area contributed by atoms with E-state index >= 15 is 0 Å². The first-order valence-corrected chi connectivity index (χ1v) is 3.30. The van der Waals surface area contributed by atoms with E-state index < -0.39 is 6.03 Å². The molecule has 0 aliphatic rings. The Morgan fingerprint density at radius 1 is 1.50 bits per heavy atom. The largest absolute Gasteiger partial charge is 0.352 e. The summed E-state index contributed by atoms with van der Waals surface area (Å²) in [5.41, 5.74) is 4.73. The average molecular weight is 147 g/mol. The van der Waals surface area contributed by atoms with Gasteiger partial charge in [-0.05, 0) is 20.5 Å². The van der Waals surface area contributed by atoms with Crippen molar-refractivity contribution in [3.63, 3.8) is 0 Å². The summed E-state index contributed by atoms with van der Waals surface area (Å²) in [6, 6.07) is -0.443. The lowest BCUT2D eigenvalue weighted by molar-refractivity contribution is 0.249. The molecule has 0 fully saturated rings. The van der Waals surface area contributed by atoms with Gasteiger partial charge in [-0.1, -0.05) is 6.92 Å². The minimum Gasteiger partial charge on any atom is -0.352 e. The molecule has 0 aromatic carbocycles. The number of rotatable bonds is 2. The Balaban J connectivity index is 0. The van der Waals surface area contributed by atoms with Gasteiger partial charge in [-0.3, -0.25) is 0 Å². The van der Waals surface area contributed by atoms with Crippen LogP contribution in [-0.2, 0) is 0 Å². The predicted octanol–water partition coefficient (Wildman–Crippen LogP) is -0.0997. The van der Waals surface area contributed by atoms with Crippen LogP contribution in [0.2, 0.25) is 0 Å². The summed E-state index contributed by atoms with van der Waals surface area (Å²) in [5.74, 6) is 0. The van der Waals surface area contributed by atoms with Crippen LogP contribution in [0.5, 0.6) is 0 Å². The number of urea groups is 1. The van der Waals surface area contributed by atoms with Crippen molar-refractivity contribution in [1.29, 1.82) is 0 Å². The zero-order valence-corrected chi connectivity index (χ0v) is 6.90. The molecule has 0 unspecified atom stereocenters. The molecular weight excluding hydrogens is 130 g/mol. The zero-order chi connectivity index (χ0) is 8.41. The van der Waals surface area contributed by atoms with E-state index in [9.17, 15) is 4.79 Å². The number of hydrogen-bond acceptors (Lipinski definition) is 2. The molecule has 0 saturated carbocycles. The van der Waals surface area contributed by atoms with Gasteiger partial charge in [0.1, 0.15) is 0 Å². The maximum absolute atomic E-state index is 9.87. The highest BCUT2D eigenvalue weighted by atomic mass is 16.2. The number of carbonyl (C=O) groups excluding carboxylic acids is 1. The molecule has 4 nitrogen and oxygen atoms in total. The van der Waals surface area contributed by atoms with Gasteiger partial charge in [0, 0.05) is 6.54 Å². The molecule has 0 rings (SSSR count). The highest BCUT2D eigenvalue weighted by Gasteiger charge is 1.83. The maximum atomic E-state index is 9.87. The lowest BCUT2D eigenvalue weighted by atomic mass is 10.5. The molecule has 0 bridgehead atoms. The van der Waals surface area contributed by atoms with E-state index in [4.69, 9.17) is 5.73 Å². The minimum atomic E-state index is -0.443. The fraction of sp³-hybridized carbons (Fsp3) is 0.833. The predicted molar refractivity (Wildman–Crippen MR) is 42.9 cm³/mol. The van der Waals surface area contributed by atoms with Crippen LogP contribution in [0.15, 0.2) is 0 Å². The Bertz CT molecular complexity index is 75.4. The van der Waals surface area contributed by atoms with E-state index in [1.54, 1.807) is 0 Å². The smallest absolute Gasteiger partial charge is 0.312 e. The van der Waals surface area contributed by atoms with E-state index in [2.05, 4.69) is 10.6 Å². The van der Waals surface area contributed by atoms with Crippen LogP contribution in [0.4, 0.5) is 4.79 Å². The molecule has 0 radical (unpaired) electrons. The van der Waals surface area contributed by atoms with Gasteiger partial charge in [0.15, 0.2) is 0 Å². The zero-order valence-electron chi connectivity index (χ0n) is 6.90. The van der Waals surface area contributed by atoms with Gasteiger partial charge in [0.2, 0.25) is 0 Å². The van der Waals surface area contributed by atoms with Crippen molar-refractivity contribution in [2.75, 3.05) is 20.6 Å². The molecule has 0 aliphatic carbocycles. The molecule has 62 valence electrons. The second kappa shape index (κ2) is 11.1. The summed E-state index contributed by atoms with van der Waals surface area (Å²) < 4.78 is 0. The molecule has 0 heterocycles. The normalized spacial score (nSPS) is 7.50. The quantitative estimate of drug-likeness (QED) is 0.510. The molecule has 0 aromatic rings. The lowest BCUT2D eigenvalue weighted by Crippen LogP contribution is -2.29. The standard InChI is InChI=1S/C4H10N2O.C2H7N/c1-2-3-6-4(5)7;1-3-2/h2-3H2,1H3,(H3,5,6,7);3H,1-2H3. The van der Waals surface area contributed by atoms with Gasteiger partial charge in [-0.15, -0.1) is 0 Å². The van der Waals surface area contributed by atoms with Crippen molar-refractivity contribution in [2.45, 2.75) is 13.3 Å². The van der Waals surface area contributed by atoms with E-state index in [-0.39, 0.29) is 0 Å². The molecule has 0 saturated heterocycles. The summed E-state index contributed by atoms with van der Waals surface area (Å²) in [4.78, 5) is 9.87. The highest BCUT2D eigenvalue weighted by Crippen LogP contribution is 1.66. The Morgan fingerprint density at radius 3 is 2.00 bits per heavy atom. The number of amides is 2. The van der Waals surface area contributed by atoms with E-state index in [1.807, 2.05) is 21.0 Å². The summed E-state index contributed by atoms with van der Waals surface area (Å²) in [7, 11) is 3.75. The first-order chi connectivity index (χ1) is 4.68. The maximum Gasteiger partial charge on any atom is 0.312 e. The molecule has 0 aromatic heterocycles. The third-order valence-corrected chi connectivity index (χ3v) is 0.549. The van der Waals surface area contributed by atoms with Crippen molar-refractivity contribution in [2.24, 2.45) is 5.73 Å². The minimum absolute atomic E-state index is 0.443. The fourth-order valence-electron chi connectivity index (χ4n) is 0.248. The van der Waals surface area contributed by atoms with Gasteiger partial charge < -0.3 is 16.4 Å². The van der Waals surface area contributed by atoms with Crippen LogP contribution in [0, 0.1) is 0 Å². The second-order valence-electron chi connectivity index (χ2n) is 1.79. The van der Waals surface area contributed by atoms with Crippen LogP contribution >= 0.6 is 0 Å². The van der Waals surface area contributed by atoms with Gasteiger partial charge in [-0.25, -0.2) is 4.79 Å². The number of hydrogen-bond donors (Lipinski definition) is 3. The summed E-state index contributed by atoms with van der Waals surface area (Å²) in [6.45, 7) is 2.64. The molecule has 10 heavy (non-hydrogen) atoms. The monoisotopic (exact) mass is 147 g/mol. The van der Waals surface area contributed by atoms with Crippen LogP contribution in [0.3, 0.4) is 0 Å². The van der Waals surface area contributed by atoms with Gasteiger partial charge in [0.25, 0.3) is 0 Å². The number of carbonyl (C=O) groups is 1. The summed E-state index contributed by atoms with van der Waals surface area (Å²) in [6.07, 6.45) is 0.933. The van der Waals surface area contributed by atoms with E-state index in [0.29, 0.717) is 6.54 Å². The van der Waals surface area contributed by atoms with Gasteiger partial charge in [-0.2, -0.15) is 0 Å².